The molecule has 1 aliphatic carbocycles. The average Bonchev–Trinajstić information content (AvgIpc) is 2.89. The first-order valence-corrected chi connectivity index (χ1v) is 4.97. The third-order valence-corrected chi connectivity index (χ3v) is 3.09. The van der Waals surface area contributed by atoms with Crippen LogP contribution in [0.3, 0.4) is 0 Å². The normalized spacial score (nSPS) is 23.1. The molecule has 0 spiro atoms. The van der Waals surface area contributed by atoms with E-state index < -0.39 is 11.6 Å². The molecule has 4 nitrogen and oxygen atoms in total. The third kappa shape index (κ3) is 1.55. The lowest BCUT2D eigenvalue weighted by Gasteiger charge is -2.29. The van der Waals surface area contributed by atoms with Crippen LogP contribution in [0.25, 0.3) is 0 Å². The van der Waals surface area contributed by atoms with Crippen molar-refractivity contribution >= 4 is 0 Å². The second-order valence-electron chi connectivity index (χ2n) is 4.49. The summed E-state index contributed by atoms with van der Waals surface area (Å²) in [6.07, 6.45) is 5.15. The van der Waals surface area contributed by atoms with Gasteiger partial charge in [-0.2, -0.15) is 5.10 Å². The highest BCUT2D eigenvalue weighted by Crippen LogP contribution is 2.44. The zero-order chi connectivity index (χ0) is 10.3. The van der Waals surface area contributed by atoms with Gasteiger partial charge in [0.15, 0.2) is 0 Å². The molecule has 14 heavy (non-hydrogen) atoms. The minimum atomic E-state index is -0.608. The van der Waals surface area contributed by atoms with Crippen molar-refractivity contribution in [2.45, 2.75) is 31.4 Å². The van der Waals surface area contributed by atoms with Gasteiger partial charge in [-0.25, -0.2) is 0 Å². The molecule has 1 aromatic rings. The second-order valence-corrected chi connectivity index (χ2v) is 4.49. The van der Waals surface area contributed by atoms with E-state index in [0.717, 1.165) is 18.4 Å². The van der Waals surface area contributed by atoms with Crippen molar-refractivity contribution < 1.29 is 5.11 Å². The fourth-order valence-corrected chi connectivity index (χ4v) is 1.87. The summed E-state index contributed by atoms with van der Waals surface area (Å²) in [4.78, 5) is 0. The van der Waals surface area contributed by atoms with E-state index in [0.29, 0.717) is 5.92 Å². The number of aliphatic hydroxyl groups is 1. The van der Waals surface area contributed by atoms with Crippen molar-refractivity contribution in [2.24, 2.45) is 18.7 Å². The number of aromatic nitrogens is 2. The molecule has 1 saturated carbocycles. The molecule has 4 heteroatoms. The molecule has 3 N–H and O–H groups in total. The molecule has 0 radical (unpaired) electrons. The molecule has 0 amide bonds. The summed E-state index contributed by atoms with van der Waals surface area (Å²) >= 11 is 0. The standard InChI is InChI=1S/C10H17N3O/c1-10(11,8-3-4-8)9(14)7-5-12-13(2)6-7/h5-6,8-9,14H,3-4,11H2,1-2H3. The van der Waals surface area contributed by atoms with Gasteiger partial charge in [0.25, 0.3) is 0 Å². The Hall–Kier alpha value is -0.870. The zero-order valence-corrected chi connectivity index (χ0v) is 8.64. The fraction of sp³-hybridized carbons (Fsp3) is 0.700. The first kappa shape index (κ1) is 9.68. The number of nitrogens with two attached hydrogens (primary N) is 1. The van der Waals surface area contributed by atoms with E-state index in [9.17, 15) is 5.11 Å². The molecule has 78 valence electrons. The van der Waals surface area contributed by atoms with Crippen LogP contribution in [0.15, 0.2) is 12.4 Å². The molecule has 0 aromatic carbocycles. The predicted octanol–water partition coefficient (Wildman–Crippen LogP) is 0.581. The lowest BCUT2D eigenvalue weighted by atomic mass is 9.87. The van der Waals surface area contributed by atoms with Crippen molar-refractivity contribution in [3.63, 3.8) is 0 Å². The third-order valence-electron chi connectivity index (χ3n) is 3.09. The molecule has 2 rings (SSSR count). The van der Waals surface area contributed by atoms with Crippen LogP contribution in [0.4, 0.5) is 0 Å². The Balaban J connectivity index is 2.18. The van der Waals surface area contributed by atoms with Gasteiger partial charge in [-0.3, -0.25) is 4.68 Å². The van der Waals surface area contributed by atoms with Gasteiger partial charge in [0, 0.05) is 24.3 Å². The average molecular weight is 195 g/mol. The summed E-state index contributed by atoms with van der Waals surface area (Å²) in [5, 5.41) is 14.1. The second kappa shape index (κ2) is 3.07. The lowest BCUT2D eigenvalue weighted by molar-refractivity contribution is 0.0807. The highest BCUT2D eigenvalue weighted by molar-refractivity contribution is 5.16. The van der Waals surface area contributed by atoms with Crippen LogP contribution < -0.4 is 5.73 Å². The molecule has 0 saturated heterocycles. The highest BCUT2D eigenvalue weighted by Gasteiger charge is 2.44. The first-order valence-electron chi connectivity index (χ1n) is 4.97. The Morgan fingerprint density at radius 3 is 2.79 bits per heavy atom. The Morgan fingerprint density at radius 2 is 2.36 bits per heavy atom. The van der Waals surface area contributed by atoms with E-state index in [1.54, 1.807) is 10.9 Å². The smallest absolute Gasteiger partial charge is 0.0999 e. The maximum Gasteiger partial charge on any atom is 0.0999 e. The number of hydrogen-bond acceptors (Lipinski definition) is 3. The largest absolute Gasteiger partial charge is 0.386 e. The van der Waals surface area contributed by atoms with Gasteiger partial charge in [0.2, 0.25) is 0 Å². The molecule has 1 fully saturated rings. The van der Waals surface area contributed by atoms with Crippen molar-refractivity contribution in [3.05, 3.63) is 18.0 Å². The quantitative estimate of drug-likeness (QED) is 0.741. The van der Waals surface area contributed by atoms with E-state index in [1.165, 1.54) is 0 Å². The molecule has 1 heterocycles. The van der Waals surface area contributed by atoms with Crippen LogP contribution in [0.1, 0.15) is 31.4 Å². The molecule has 1 aromatic heterocycles. The molecule has 0 bridgehead atoms. The molecule has 2 unspecified atom stereocenters. The van der Waals surface area contributed by atoms with Gasteiger partial charge in [-0.05, 0) is 25.7 Å². The molecular formula is C10H17N3O. The van der Waals surface area contributed by atoms with Crippen LogP contribution in [-0.2, 0) is 7.05 Å². The molecular weight excluding hydrogens is 178 g/mol. The number of rotatable bonds is 3. The van der Waals surface area contributed by atoms with E-state index >= 15 is 0 Å². The van der Waals surface area contributed by atoms with Crippen LogP contribution in [-0.4, -0.2) is 20.4 Å². The van der Waals surface area contributed by atoms with Gasteiger partial charge in [0.1, 0.15) is 0 Å². The van der Waals surface area contributed by atoms with E-state index in [4.69, 9.17) is 5.73 Å². The molecule has 2 atom stereocenters. The highest BCUT2D eigenvalue weighted by atomic mass is 16.3. The number of hydrogen-bond donors (Lipinski definition) is 2. The van der Waals surface area contributed by atoms with Crippen molar-refractivity contribution in [3.8, 4) is 0 Å². The van der Waals surface area contributed by atoms with Crippen molar-refractivity contribution in [1.82, 2.24) is 9.78 Å². The lowest BCUT2D eigenvalue weighted by Crippen LogP contribution is -2.44. The SMILES string of the molecule is Cn1cc(C(O)C(C)(N)C2CC2)cn1. The monoisotopic (exact) mass is 195 g/mol. The van der Waals surface area contributed by atoms with E-state index in [1.807, 2.05) is 20.2 Å². The molecule has 0 aliphatic heterocycles. The van der Waals surface area contributed by atoms with Gasteiger partial charge < -0.3 is 10.8 Å². The summed E-state index contributed by atoms with van der Waals surface area (Å²) < 4.78 is 1.68. The predicted molar refractivity (Wildman–Crippen MR) is 53.5 cm³/mol. The van der Waals surface area contributed by atoms with Gasteiger partial charge in [-0.15, -0.1) is 0 Å². The van der Waals surface area contributed by atoms with Crippen molar-refractivity contribution in [2.75, 3.05) is 0 Å². The van der Waals surface area contributed by atoms with Crippen LogP contribution in [0.5, 0.6) is 0 Å². The summed E-state index contributed by atoms with van der Waals surface area (Å²) in [6, 6.07) is 0. The molecule has 1 aliphatic rings. The van der Waals surface area contributed by atoms with Crippen LogP contribution in [0.2, 0.25) is 0 Å². The topological polar surface area (TPSA) is 64.1 Å². The Labute approximate surface area is 83.7 Å². The minimum absolute atomic E-state index is 0.456. The van der Waals surface area contributed by atoms with Crippen molar-refractivity contribution in [1.29, 1.82) is 0 Å². The van der Waals surface area contributed by atoms with Crippen LogP contribution >= 0.6 is 0 Å². The van der Waals surface area contributed by atoms with E-state index in [-0.39, 0.29) is 0 Å². The first-order chi connectivity index (χ1) is 6.51. The zero-order valence-electron chi connectivity index (χ0n) is 8.64. The van der Waals surface area contributed by atoms with Gasteiger partial charge in [-0.1, -0.05) is 0 Å². The summed E-state index contributed by atoms with van der Waals surface area (Å²) in [5.41, 5.74) is 6.42. The minimum Gasteiger partial charge on any atom is -0.386 e. The maximum absolute atomic E-state index is 10.1. The Kier molecular flexibility index (Phi) is 2.12. The number of nitrogens with zero attached hydrogens (tertiary/aromatic N) is 2. The van der Waals surface area contributed by atoms with Gasteiger partial charge >= 0.3 is 0 Å². The number of aryl methyl sites for hydroxylation is 1. The number of aliphatic hydroxyl groups excluding tert-OH is 1. The van der Waals surface area contributed by atoms with E-state index in [2.05, 4.69) is 5.10 Å². The van der Waals surface area contributed by atoms with Gasteiger partial charge in [0.05, 0.1) is 12.3 Å². The summed E-state index contributed by atoms with van der Waals surface area (Å²) in [5.74, 6) is 0.456. The summed E-state index contributed by atoms with van der Waals surface area (Å²) in [7, 11) is 1.83. The fourth-order valence-electron chi connectivity index (χ4n) is 1.87. The maximum atomic E-state index is 10.1. The Bertz CT molecular complexity index is 328. The Morgan fingerprint density at radius 1 is 1.71 bits per heavy atom. The van der Waals surface area contributed by atoms with Crippen LogP contribution in [0, 0.1) is 5.92 Å². The summed E-state index contributed by atoms with van der Waals surface area (Å²) in [6.45, 7) is 1.92.